The number of hydrogen-bond acceptors (Lipinski definition) is 3. The molecule has 2 aliphatic carbocycles. The number of carbonyl (C=O) groups is 1. The molecular formula is C22H34N4O. The van der Waals surface area contributed by atoms with Crippen molar-refractivity contribution in [3.63, 3.8) is 0 Å². The number of ketones is 1. The van der Waals surface area contributed by atoms with Crippen molar-refractivity contribution in [2.75, 3.05) is 5.32 Å². The summed E-state index contributed by atoms with van der Waals surface area (Å²) in [6.45, 7) is 1.60. The normalized spacial score (nSPS) is 24.9. The second kappa shape index (κ2) is 9.88. The molecule has 0 aliphatic heterocycles. The predicted octanol–water partition coefficient (Wildman–Crippen LogP) is 4.24. The van der Waals surface area contributed by atoms with Crippen molar-refractivity contribution in [3.05, 3.63) is 29.8 Å². The maximum absolute atomic E-state index is 11.7. The highest BCUT2D eigenvalue weighted by atomic mass is 16.1. The van der Waals surface area contributed by atoms with E-state index >= 15 is 0 Å². The highest BCUT2D eigenvalue weighted by Gasteiger charge is 2.23. The Hall–Kier alpha value is -1.88. The highest BCUT2D eigenvalue weighted by molar-refractivity contribution is 5.98. The van der Waals surface area contributed by atoms with Crippen molar-refractivity contribution in [1.82, 2.24) is 5.32 Å². The monoisotopic (exact) mass is 370 g/mol. The first-order chi connectivity index (χ1) is 13.1. The average molecular weight is 371 g/mol. The van der Waals surface area contributed by atoms with E-state index in [9.17, 15) is 4.79 Å². The van der Waals surface area contributed by atoms with Crippen molar-refractivity contribution in [1.29, 1.82) is 0 Å². The quantitative estimate of drug-likeness (QED) is 0.320. The van der Waals surface area contributed by atoms with Crippen molar-refractivity contribution >= 4 is 17.4 Å². The molecule has 4 N–H and O–H groups in total. The molecule has 0 spiro atoms. The molecule has 2 atom stereocenters. The number of hydrogen-bond donors (Lipinski definition) is 3. The first kappa shape index (κ1) is 19.9. The second-order valence-electron chi connectivity index (χ2n) is 8.09. The van der Waals surface area contributed by atoms with Crippen LogP contribution in [0.15, 0.2) is 29.3 Å². The number of nitrogens with zero attached hydrogens (tertiary/aromatic N) is 1. The van der Waals surface area contributed by atoms with Crippen LogP contribution in [-0.2, 0) is 0 Å². The number of nitrogens with two attached hydrogens (primary N) is 1. The predicted molar refractivity (Wildman–Crippen MR) is 112 cm³/mol. The van der Waals surface area contributed by atoms with Crippen LogP contribution in [0.1, 0.15) is 81.5 Å². The lowest BCUT2D eigenvalue weighted by Crippen LogP contribution is -2.43. The number of guanidine groups is 1. The van der Waals surface area contributed by atoms with Gasteiger partial charge in [0.15, 0.2) is 11.7 Å². The van der Waals surface area contributed by atoms with E-state index in [1.165, 1.54) is 51.4 Å². The van der Waals surface area contributed by atoms with Gasteiger partial charge in [-0.15, -0.1) is 0 Å². The summed E-state index contributed by atoms with van der Waals surface area (Å²) in [6, 6.07) is 8.39. The van der Waals surface area contributed by atoms with Gasteiger partial charge in [0.1, 0.15) is 0 Å². The molecule has 0 amide bonds. The molecule has 148 valence electrons. The van der Waals surface area contributed by atoms with E-state index in [-0.39, 0.29) is 17.9 Å². The molecule has 2 saturated carbocycles. The molecule has 0 bridgehead atoms. The molecule has 2 aliphatic rings. The molecular weight excluding hydrogens is 336 g/mol. The zero-order valence-electron chi connectivity index (χ0n) is 16.5. The standard InChI is InChI=1S/C22H34N4O/c1-16(27)17-9-8-12-19(15-17)25-22(24-18-10-4-2-3-5-11-18)26-21-14-7-6-13-20(21)23/h8-9,12,15,18,20-21H,2-7,10-11,13-14,23H2,1H3,(H2,24,25,26)/t20-,21-/m0/s1. The lowest BCUT2D eigenvalue weighted by atomic mass is 9.91. The minimum Gasteiger partial charge on any atom is -0.353 e. The molecule has 1 aromatic rings. The van der Waals surface area contributed by atoms with Crippen LogP contribution in [0.5, 0.6) is 0 Å². The van der Waals surface area contributed by atoms with Gasteiger partial charge < -0.3 is 16.4 Å². The average Bonchev–Trinajstić information content (AvgIpc) is 2.92. The number of nitrogens with one attached hydrogen (secondary N) is 2. The molecule has 0 unspecified atom stereocenters. The third-order valence-electron chi connectivity index (χ3n) is 5.80. The van der Waals surface area contributed by atoms with Crippen LogP contribution < -0.4 is 16.4 Å². The van der Waals surface area contributed by atoms with Crippen LogP contribution in [0.2, 0.25) is 0 Å². The zero-order chi connectivity index (χ0) is 19.1. The number of rotatable bonds is 4. The number of aliphatic imine (C=N–C) groups is 1. The smallest absolute Gasteiger partial charge is 0.196 e. The third-order valence-corrected chi connectivity index (χ3v) is 5.80. The van der Waals surface area contributed by atoms with Crippen molar-refractivity contribution < 1.29 is 4.79 Å². The Bertz CT molecular complexity index is 649. The minimum atomic E-state index is 0.0724. The fourth-order valence-corrected chi connectivity index (χ4v) is 4.14. The fraction of sp³-hybridized carbons (Fsp3) is 0.636. The molecule has 3 rings (SSSR count). The number of carbonyl (C=O) groups excluding carboxylic acids is 1. The Morgan fingerprint density at radius 2 is 1.74 bits per heavy atom. The van der Waals surface area contributed by atoms with Gasteiger partial charge in [0.05, 0.1) is 6.04 Å². The number of Topliss-reactive ketones (excluding diaryl/α,β-unsaturated/α-hetero) is 1. The van der Waals surface area contributed by atoms with Crippen LogP contribution in [0.25, 0.3) is 0 Å². The van der Waals surface area contributed by atoms with Gasteiger partial charge in [0.2, 0.25) is 0 Å². The SMILES string of the molecule is CC(=O)c1cccc(NC(=N[C@H]2CCCC[C@@H]2N)NC2CCCCCC2)c1. The Morgan fingerprint density at radius 1 is 1.04 bits per heavy atom. The Balaban J connectivity index is 1.77. The highest BCUT2D eigenvalue weighted by Crippen LogP contribution is 2.21. The van der Waals surface area contributed by atoms with E-state index in [0.717, 1.165) is 24.5 Å². The molecule has 0 heterocycles. The maximum atomic E-state index is 11.7. The van der Waals surface area contributed by atoms with Gasteiger partial charge >= 0.3 is 0 Å². The summed E-state index contributed by atoms with van der Waals surface area (Å²) in [5.74, 6) is 0.883. The van der Waals surface area contributed by atoms with Gasteiger partial charge in [-0.25, -0.2) is 4.99 Å². The summed E-state index contributed by atoms with van der Waals surface area (Å²) in [6.07, 6.45) is 12.1. The van der Waals surface area contributed by atoms with Gasteiger partial charge in [0.25, 0.3) is 0 Å². The van der Waals surface area contributed by atoms with Crippen molar-refractivity contribution in [2.24, 2.45) is 10.7 Å². The maximum Gasteiger partial charge on any atom is 0.196 e. The summed E-state index contributed by atoms with van der Waals surface area (Å²) in [5.41, 5.74) is 7.94. The van der Waals surface area contributed by atoms with E-state index in [1.54, 1.807) is 6.92 Å². The molecule has 2 fully saturated rings. The van der Waals surface area contributed by atoms with Crippen LogP contribution in [0.4, 0.5) is 5.69 Å². The van der Waals surface area contributed by atoms with Gasteiger partial charge in [-0.05, 0) is 44.7 Å². The molecule has 0 radical (unpaired) electrons. The topological polar surface area (TPSA) is 79.5 Å². The van der Waals surface area contributed by atoms with E-state index < -0.39 is 0 Å². The van der Waals surface area contributed by atoms with Crippen molar-refractivity contribution in [2.45, 2.75) is 89.3 Å². The lowest BCUT2D eigenvalue weighted by molar-refractivity contribution is 0.101. The summed E-state index contributed by atoms with van der Waals surface area (Å²) < 4.78 is 0. The molecule has 27 heavy (non-hydrogen) atoms. The van der Waals surface area contributed by atoms with Gasteiger partial charge in [-0.3, -0.25) is 4.79 Å². The largest absolute Gasteiger partial charge is 0.353 e. The Kier molecular flexibility index (Phi) is 7.27. The fourth-order valence-electron chi connectivity index (χ4n) is 4.14. The first-order valence-electron chi connectivity index (χ1n) is 10.6. The number of anilines is 1. The summed E-state index contributed by atoms with van der Waals surface area (Å²) in [4.78, 5) is 16.7. The Morgan fingerprint density at radius 3 is 2.44 bits per heavy atom. The van der Waals surface area contributed by atoms with Gasteiger partial charge in [0, 0.05) is 23.3 Å². The van der Waals surface area contributed by atoms with E-state index in [4.69, 9.17) is 10.7 Å². The van der Waals surface area contributed by atoms with Crippen LogP contribution in [0.3, 0.4) is 0 Å². The first-order valence-corrected chi connectivity index (χ1v) is 10.6. The van der Waals surface area contributed by atoms with Crippen LogP contribution in [0, 0.1) is 0 Å². The summed E-state index contributed by atoms with van der Waals surface area (Å²) in [7, 11) is 0. The third kappa shape index (κ3) is 6.06. The molecule has 0 aromatic heterocycles. The summed E-state index contributed by atoms with van der Waals surface area (Å²) in [5, 5.41) is 7.10. The van der Waals surface area contributed by atoms with Crippen molar-refractivity contribution in [3.8, 4) is 0 Å². The lowest BCUT2D eigenvalue weighted by Gasteiger charge is -2.28. The molecule has 1 aromatic carbocycles. The van der Waals surface area contributed by atoms with Crippen LogP contribution >= 0.6 is 0 Å². The molecule has 0 saturated heterocycles. The van der Waals surface area contributed by atoms with E-state index in [0.29, 0.717) is 11.6 Å². The summed E-state index contributed by atoms with van der Waals surface area (Å²) >= 11 is 0. The van der Waals surface area contributed by atoms with Crippen LogP contribution in [-0.4, -0.2) is 29.9 Å². The van der Waals surface area contributed by atoms with Gasteiger partial charge in [-0.1, -0.05) is 50.7 Å². The zero-order valence-corrected chi connectivity index (χ0v) is 16.5. The molecule has 5 nitrogen and oxygen atoms in total. The van der Waals surface area contributed by atoms with E-state index in [2.05, 4.69) is 10.6 Å². The van der Waals surface area contributed by atoms with Gasteiger partial charge in [-0.2, -0.15) is 0 Å². The Labute approximate surface area is 163 Å². The number of benzene rings is 1. The van der Waals surface area contributed by atoms with E-state index in [1.807, 2.05) is 24.3 Å². The second-order valence-corrected chi connectivity index (χ2v) is 8.09. The minimum absolute atomic E-state index is 0.0724. The molecule has 5 heteroatoms.